The molecule has 7 heteroatoms. The van der Waals surface area contributed by atoms with Crippen LogP contribution in [0.25, 0.3) is 5.76 Å². The van der Waals surface area contributed by atoms with Gasteiger partial charge in [-0.1, -0.05) is 37.6 Å². The number of benzene rings is 2. The molecule has 1 fully saturated rings. The first kappa shape index (κ1) is 24.8. The van der Waals surface area contributed by atoms with E-state index < -0.39 is 17.7 Å². The Balaban J connectivity index is 1.99. The molecule has 1 aliphatic heterocycles. The number of amides is 1. The van der Waals surface area contributed by atoms with Gasteiger partial charge in [0.1, 0.15) is 11.5 Å². The summed E-state index contributed by atoms with van der Waals surface area (Å²) in [5, 5.41) is 11.7. The van der Waals surface area contributed by atoms with Crippen molar-refractivity contribution in [3.8, 4) is 5.75 Å². The molecule has 0 bridgehead atoms. The summed E-state index contributed by atoms with van der Waals surface area (Å²) in [5.74, 6) is -0.414. The molecule has 176 valence electrons. The maximum atomic E-state index is 13.1. The van der Waals surface area contributed by atoms with Crippen molar-refractivity contribution < 1.29 is 19.4 Å². The molecule has 1 N–H and O–H groups in total. The predicted octanol–water partition coefficient (Wildman–Crippen LogP) is 4.75. The Kier molecular flexibility index (Phi) is 8.16. The van der Waals surface area contributed by atoms with Gasteiger partial charge in [-0.25, -0.2) is 0 Å². The maximum Gasteiger partial charge on any atom is 0.295 e. The lowest BCUT2D eigenvalue weighted by Crippen LogP contribution is -2.32. The maximum absolute atomic E-state index is 13.1. The number of aliphatic hydroxyl groups is 1. The standard InChI is InChI=1S/C26H31ClN2O4/c1-17(2)16-33-21-12-8-19(9-13-21)24(30)22-23(18-6-10-20(27)11-7-18)29(26(32)25(22)31)15-5-14-28(3)4/h6-13,17,23,30H,5,14-16H2,1-4H3/b24-22+/t23-/m1/s1. The zero-order valence-electron chi connectivity index (χ0n) is 19.5. The van der Waals surface area contributed by atoms with Gasteiger partial charge in [-0.3, -0.25) is 9.59 Å². The van der Waals surface area contributed by atoms with Crippen molar-refractivity contribution in [2.75, 3.05) is 33.8 Å². The highest BCUT2D eigenvalue weighted by atomic mass is 35.5. The van der Waals surface area contributed by atoms with Gasteiger partial charge >= 0.3 is 0 Å². The molecular weight excluding hydrogens is 440 g/mol. The molecule has 0 unspecified atom stereocenters. The average Bonchev–Trinajstić information content (AvgIpc) is 3.03. The molecule has 1 heterocycles. The van der Waals surface area contributed by atoms with E-state index in [-0.39, 0.29) is 11.3 Å². The van der Waals surface area contributed by atoms with Crippen molar-refractivity contribution in [1.82, 2.24) is 9.80 Å². The largest absolute Gasteiger partial charge is 0.507 e. The Labute approximate surface area is 200 Å². The fourth-order valence-corrected chi connectivity index (χ4v) is 3.91. The zero-order valence-corrected chi connectivity index (χ0v) is 20.3. The minimum Gasteiger partial charge on any atom is -0.507 e. The van der Waals surface area contributed by atoms with E-state index in [1.54, 1.807) is 53.4 Å². The van der Waals surface area contributed by atoms with Crippen LogP contribution in [0.2, 0.25) is 5.02 Å². The van der Waals surface area contributed by atoms with E-state index in [4.69, 9.17) is 16.3 Å². The molecule has 0 saturated carbocycles. The monoisotopic (exact) mass is 470 g/mol. The van der Waals surface area contributed by atoms with Gasteiger partial charge in [-0.05, 0) is 74.9 Å². The van der Waals surface area contributed by atoms with Crippen LogP contribution < -0.4 is 4.74 Å². The molecule has 0 radical (unpaired) electrons. The summed E-state index contributed by atoms with van der Waals surface area (Å²) in [6, 6.07) is 13.2. The number of carbonyl (C=O) groups excluding carboxylic acids is 2. The Morgan fingerprint density at radius 3 is 2.30 bits per heavy atom. The van der Waals surface area contributed by atoms with E-state index in [1.165, 1.54) is 0 Å². The van der Waals surface area contributed by atoms with E-state index >= 15 is 0 Å². The van der Waals surface area contributed by atoms with E-state index in [0.717, 1.165) is 12.1 Å². The first-order valence-electron chi connectivity index (χ1n) is 11.1. The summed E-state index contributed by atoms with van der Waals surface area (Å²) in [5.41, 5.74) is 1.27. The van der Waals surface area contributed by atoms with Gasteiger partial charge in [0.2, 0.25) is 0 Å². The molecule has 0 spiro atoms. The van der Waals surface area contributed by atoms with E-state index in [0.29, 0.717) is 41.8 Å². The van der Waals surface area contributed by atoms with Gasteiger partial charge in [0.05, 0.1) is 18.2 Å². The van der Waals surface area contributed by atoms with Gasteiger partial charge < -0.3 is 19.6 Å². The molecule has 2 aromatic rings. The number of likely N-dealkylation sites (tertiary alicyclic amines) is 1. The Bertz CT molecular complexity index is 1010. The normalized spacial score (nSPS) is 17.9. The summed E-state index contributed by atoms with van der Waals surface area (Å²) in [6.07, 6.45) is 0.700. The van der Waals surface area contributed by atoms with Gasteiger partial charge in [-0.2, -0.15) is 0 Å². The summed E-state index contributed by atoms with van der Waals surface area (Å²) in [4.78, 5) is 29.6. The van der Waals surface area contributed by atoms with Crippen LogP contribution in [-0.2, 0) is 9.59 Å². The van der Waals surface area contributed by atoms with Crippen LogP contribution in [0, 0.1) is 5.92 Å². The molecule has 1 saturated heterocycles. The Morgan fingerprint density at radius 1 is 1.09 bits per heavy atom. The lowest BCUT2D eigenvalue weighted by molar-refractivity contribution is -0.139. The zero-order chi connectivity index (χ0) is 24.1. The number of halogens is 1. The fraction of sp³-hybridized carbons (Fsp3) is 0.385. The minimum atomic E-state index is -0.683. The van der Waals surface area contributed by atoms with Crippen LogP contribution in [0.4, 0.5) is 0 Å². The Morgan fingerprint density at radius 2 is 1.73 bits per heavy atom. The topological polar surface area (TPSA) is 70.1 Å². The first-order chi connectivity index (χ1) is 15.7. The van der Waals surface area contributed by atoms with Gasteiger partial charge in [0, 0.05) is 17.1 Å². The van der Waals surface area contributed by atoms with Crippen molar-refractivity contribution in [2.24, 2.45) is 5.92 Å². The van der Waals surface area contributed by atoms with E-state index in [9.17, 15) is 14.7 Å². The van der Waals surface area contributed by atoms with Gasteiger partial charge in [-0.15, -0.1) is 0 Å². The highest BCUT2D eigenvalue weighted by Crippen LogP contribution is 2.39. The van der Waals surface area contributed by atoms with Crippen molar-refractivity contribution in [2.45, 2.75) is 26.3 Å². The smallest absolute Gasteiger partial charge is 0.295 e. The van der Waals surface area contributed by atoms with Crippen LogP contribution in [0.15, 0.2) is 54.1 Å². The number of hydrogen-bond donors (Lipinski definition) is 1. The summed E-state index contributed by atoms with van der Waals surface area (Å²) >= 11 is 6.06. The fourth-order valence-electron chi connectivity index (χ4n) is 3.79. The van der Waals surface area contributed by atoms with Crippen molar-refractivity contribution in [1.29, 1.82) is 0 Å². The first-order valence-corrected chi connectivity index (χ1v) is 11.5. The lowest BCUT2D eigenvalue weighted by atomic mass is 9.95. The molecule has 1 atom stereocenters. The van der Waals surface area contributed by atoms with Crippen molar-refractivity contribution >= 4 is 29.1 Å². The molecule has 0 aromatic heterocycles. The number of rotatable bonds is 9. The molecule has 1 amide bonds. The minimum absolute atomic E-state index is 0.0861. The average molecular weight is 471 g/mol. The predicted molar refractivity (Wildman–Crippen MR) is 130 cm³/mol. The number of aliphatic hydroxyl groups excluding tert-OH is 1. The third kappa shape index (κ3) is 5.95. The van der Waals surface area contributed by atoms with Crippen molar-refractivity contribution in [3.63, 3.8) is 0 Å². The second-order valence-corrected chi connectivity index (χ2v) is 9.37. The lowest BCUT2D eigenvalue weighted by Gasteiger charge is -2.26. The van der Waals surface area contributed by atoms with Crippen LogP contribution in [0.5, 0.6) is 5.75 Å². The highest BCUT2D eigenvalue weighted by molar-refractivity contribution is 6.46. The second kappa shape index (κ2) is 10.9. The number of hydrogen-bond acceptors (Lipinski definition) is 5. The molecule has 0 aliphatic carbocycles. The summed E-state index contributed by atoms with van der Waals surface area (Å²) in [7, 11) is 3.92. The van der Waals surface area contributed by atoms with Gasteiger partial charge in [0.25, 0.3) is 11.7 Å². The number of carbonyl (C=O) groups is 2. The van der Waals surface area contributed by atoms with E-state index in [1.807, 2.05) is 19.0 Å². The van der Waals surface area contributed by atoms with Crippen LogP contribution in [0.1, 0.15) is 37.4 Å². The summed E-state index contributed by atoms with van der Waals surface area (Å²) < 4.78 is 5.70. The molecule has 3 rings (SSSR count). The molecule has 33 heavy (non-hydrogen) atoms. The number of nitrogens with zero attached hydrogens (tertiary/aromatic N) is 2. The van der Waals surface area contributed by atoms with Gasteiger partial charge in [0.15, 0.2) is 0 Å². The number of ketones is 1. The number of ether oxygens (including phenoxy) is 1. The molecule has 1 aliphatic rings. The quantitative estimate of drug-likeness (QED) is 0.325. The molecule has 6 nitrogen and oxygen atoms in total. The summed E-state index contributed by atoms with van der Waals surface area (Å²) in [6.45, 7) is 5.88. The highest BCUT2D eigenvalue weighted by Gasteiger charge is 2.45. The SMILES string of the molecule is CC(C)COc1ccc(/C(O)=C2\C(=O)C(=O)N(CCCN(C)C)[C@@H]2c2ccc(Cl)cc2)cc1. The number of Topliss-reactive ketones (excluding diaryl/α,β-unsaturated/α-hetero) is 1. The Hall–Kier alpha value is -2.83. The third-order valence-corrected chi connectivity index (χ3v) is 5.69. The van der Waals surface area contributed by atoms with Crippen LogP contribution in [-0.4, -0.2) is 60.4 Å². The van der Waals surface area contributed by atoms with Crippen LogP contribution in [0.3, 0.4) is 0 Å². The second-order valence-electron chi connectivity index (χ2n) is 8.93. The van der Waals surface area contributed by atoms with Crippen LogP contribution >= 0.6 is 11.6 Å². The molecule has 2 aromatic carbocycles. The van der Waals surface area contributed by atoms with Crippen molar-refractivity contribution in [3.05, 3.63) is 70.3 Å². The third-order valence-electron chi connectivity index (χ3n) is 5.44. The van der Waals surface area contributed by atoms with E-state index in [2.05, 4.69) is 13.8 Å². The molecular formula is C26H31ClN2O4.